The molecule has 0 atom stereocenters. The van der Waals surface area contributed by atoms with Gasteiger partial charge in [-0.05, 0) is 29.8 Å². The van der Waals surface area contributed by atoms with Gasteiger partial charge in [-0.25, -0.2) is 4.39 Å². The molecule has 0 aliphatic rings. The molecule has 0 bridgehead atoms. The highest BCUT2D eigenvalue weighted by molar-refractivity contribution is 5.85. The van der Waals surface area contributed by atoms with Crippen molar-refractivity contribution in [3.05, 3.63) is 99.2 Å². The number of aromatic nitrogens is 3. The fourth-order valence-electron chi connectivity index (χ4n) is 2.97. The third-order valence-corrected chi connectivity index (χ3v) is 4.26. The highest BCUT2D eigenvalue weighted by Gasteiger charge is 2.16. The second-order valence-corrected chi connectivity index (χ2v) is 6.05. The van der Waals surface area contributed by atoms with Crippen LogP contribution in [0.3, 0.4) is 0 Å². The maximum Gasteiger partial charge on any atom is 0.279 e. The van der Waals surface area contributed by atoms with Gasteiger partial charge in [0, 0.05) is 24.8 Å². The Hall–Kier alpha value is -3.45. The summed E-state index contributed by atoms with van der Waals surface area (Å²) in [6.07, 6.45) is 6.08. The van der Waals surface area contributed by atoms with E-state index in [2.05, 4.69) is 4.98 Å². The minimum atomic E-state index is -0.672. The lowest BCUT2D eigenvalue weighted by atomic mass is 10.1. The monoisotopic (exact) mass is 399 g/mol. The largest absolute Gasteiger partial charge is 0.503 e. The number of benzene rings is 1. The molecule has 0 saturated carbocycles. The van der Waals surface area contributed by atoms with Gasteiger partial charge >= 0.3 is 0 Å². The highest BCUT2D eigenvalue weighted by Crippen LogP contribution is 2.18. The number of nitrogens with zero attached hydrogens (tertiary/aromatic N) is 3. The molecule has 142 valence electrons. The van der Waals surface area contributed by atoms with E-state index in [0.717, 1.165) is 0 Å². The molecule has 6 nitrogen and oxygen atoms in total. The van der Waals surface area contributed by atoms with E-state index < -0.39 is 22.6 Å². The molecule has 3 aromatic heterocycles. The highest BCUT2D eigenvalue weighted by atomic mass is 35.5. The van der Waals surface area contributed by atoms with Crippen molar-refractivity contribution in [3.8, 4) is 17.0 Å². The third-order valence-electron chi connectivity index (χ3n) is 4.26. The smallest absolute Gasteiger partial charge is 0.279 e. The van der Waals surface area contributed by atoms with Crippen molar-refractivity contribution in [2.24, 2.45) is 0 Å². The molecule has 1 aromatic carbocycles. The summed E-state index contributed by atoms with van der Waals surface area (Å²) in [4.78, 5) is 29.4. The topological polar surface area (TPSA) is 76.6 Å². The predicted molar refractivity (Wildman–Crippen MR) is 106 cm³/mol. The Balaban J connectivity index is 0.00000225. The fourth-order valence-corrected chi connectivity index (χ4v) is 2.97. The first kappa shape index (κ1) is 19.3. The van der Waals surface area contributed by atoms with Crippen LogP contribution in [0.5, 0.6) is 5.75 Å². The molecule has 4 rings (SSSR count). The predicted octanol–water partition coefficient (Wildman–Crippen LogP) is 2.84. The molecule has 0 aliphatic carbocycles. The van der Waals surface area contributed by atoms with Gasteiger partial charge in [-0.15, -0.1) is 12.4 Å². The zero-order valence-electron chi connectivity index (χ0n) is 14.4. The molecule has 28 heavy (non-hydrogen) atoms. The van der Waals surface area contributed by atoms with E-state index in [9.17, 15) is 19.1 Å². The third kappa shape index (κ3) is 3.39. The molecule has 4 aromatic rings. The Bertz CT molecular complexity index is 1270. The van der Waals surface area contributed by atoms with Crippen LogP contribution in [-0.2, 0) is 6.54 Å². The van der Waals surface area contributed by atoms with Crippen LogP contribution in [-0.4, -0.2) is 19.1 Å². The van der Waals surface area contributed by atoms with Crippen molar-refractivity contribution in [3.63, 3.8) is 0 Å². The minimum Gasteiger partial charge on any atom is -0.503 e. The van der Waals surface area contributed by atoms with Gasteiger partial charge in [-0.3, -0.25) is 14.6 Å². The minimum absolute atomic E-state index is 0. The normalized spacial score (nSPS) is 10.6. The van der Waals surface area contributed by atoms with Crippen LogP contribution >= 0.6 is 12.4 Å². The molecule has 8 heteroatoms. The number of halogens is 2. The summed E-state index contributed by atoms with van der Waals surface area (Å²) in [6.45, 7) is 0.114. The molecule has 1 N–H and O–H groups in total. The summed E-state index contributed by atoms with van der Waals surface area (Å²) >= 11 is 0. The van der Waals surface area contributed by atoms with Gasteiger partial charge in [0.25, 0.3) is 5.56 Å². The van der Waals surface area contributed by atoms with Gasteiger partial charge in [-0.2, -0.15) is 0 Å². The Morgan fingerprint density at radius 3 is 2.61 bits per heavy atom. The summed E-state index contributed by atoms with van der Waals surface area (Å²) in [5.74, 6) is -1.04. The molecule has 0 unspecified atom stereocenters. The van der Waals surface area contributed by atoms with Crippen LogP contribution in [0.2, 0.25) is 0 Å². The van der Waals surface area contributed by atoms with Crippen molar-refractivity contribution in [2.45, 2.75) is 6.54 Å². The van der Waals surface area contributed by atoms with Crippen LogP contribution in [0.1, 0.15) is 5.56 Å². The number of rotatable bonds is 3. The quantitative estimate of drug-likeness (QED) is 0.574. The number of aromatic hydroxyl groups is 1. The Morgan fingerprint density at radius 1 is 1.07 bits per heavy atom. The first-order valence-corrected chi connectivity index (χ1v) is 8.18. The van der Waals surface area contributed by atoms with Crippen LogP contribution in [0.4, 0.5) is 4.39 Å². The molecular formula is C20H15ClFN3O3. The van der Waals surface area contributed by atoms with Gasteiger partial charge in [0.15, 0.2) is 11.3 Å². The Kier molecular flexibility index (Phi) is 5.28. The average molecular weight is 400 g/mol. The maximum absolute atomic E-state index is 13.4. The molecule has 0 fully saturated rings. The van der Waals surface area contributed by atoms with E-state index in [0.29, 0.717) is 11.3 Å². The summed E-state index contributed by atoms with van der Waals surface area (Å²) in [5.41, 5.74) is -0.186. The number of hydrogen-bond donors (Lipinski definition) is 1. The molecular weight excluding hydrogens is 385 g/mol. The van der Waals surface area contributed by atoms with Crippen molar-refractivity contribution in [1.29, 1.82) is 0 Å². The SMILES string of the molecule is Cl.O=c1c(-c2ccccn2)cn2ccn(Cc3cccc(F)c3)c(=O)c2c1O. The van der Waals surface area contributed by atoms with Gasteiger partial charge in [0.05, 0.1) is 17.8 Å². The van der Waals surface area contributed by atoms with Gasteiger partial charge < -0.3 is 14.1 Å². The molecule has 0 aliphatic heterocycles. The Morgan fingerprint density at radius 2 is 1.89 bits per heavy atom. The summed E-state index contributed by atoms with van der Waals surface area (Å²) < 4.78 is 16.1. The summed E-state index contributed by atoms with van der Waals surface area (Å²) in [6, 6.07) is 11.0. The van der Waals surface area contributed by atoms with Crippen molar-refractivity contribution >= 4 is 17.9 Å². The zero-order chi connectivity index (χ0) is 19.0. The lowest BCUT2D eigenvalue weighted by Gasteiger charge is -2.11. The van der Waals surface area contributed by atoms with Crippen molar-refractivity contribution < 1.29 is 9.50 Å². The molecule has 0 saturated heterocycles. The van der Waals surface area contributed by atoms with Gasteiger partial charge in [0.1, 0.15) is 5.82 Å². The summed E-state index contributed by atoms with van der Waals surface area (Å²) in [5, 5.41) is 10.4. The zero-order valence-corrected chi connectivity index (χ0v) is 15.3. The second-order valence-electron chi connectivity index (χ2n) is 6.05. The van der Waals surface area contributed by atoms with Crippen LogP contribution in [0, 0.1) is 5.82 Å². The average Bonchev–Trinajstić information content (AvgIpc) is 2.67. The fraction of sp³-hybridized carbons (Fsp3) is 0.0500. The van der Waals surface area contributed by atoms with Crippen LogP contribution in [0.25, 0.3) is 16.8 Å². The number of fused-ring (bicyclic) bond motifs is 1. The first-order chi connectivity index (χ1) is 13.0. The van der Waals surface area contributed by atoms with Crippen LogP contribution in [0.15, 0.2) is 76.8 Å². The van der Waals surface area contributed by atoms with E-state index in [-0.39, 0.29) is 30.0 Å². The van der Waals surface area contributed by atoms with Crippen molar-refractivity contribution in [1.82, 2.24) is 14.0 Å². The second kappa shape index (κ2) is 7.66. The standard InChI is InChI=1S/C20H14FN3O3.ClH/c21-14-5-3-4-13(10-14)11-24-9-8-23-12-15(16-6-1-2-7-22-16)18(25)19(26)17(23)20(24)27;/h1-10,12,26H,11H2;1H. The van der Waals surface area contributed by atoms with Crippen LogP contribution < -0.4 is 11.0 Å². The number of pyridine rings is 2. The van der Waals surface area contributed by atoms with E-state index in [1.807, 2.05) is 0 Å². The lowest BCUT2D eigenvalue weighted by Crippen LogP contribution is -2.24. The Labute approximate surface area is 164 Å². The van der Waals surface area contributed by atoms with E-state index in [1.165, 1.54) is 39.7 Å². The maximum atomic E-state index is 13.4. The number of hydrogen-bond acceptors (Lipinski definition) is 4. The van der Waals surface area contributed by atoms with Crippen molar-refractivity contribution in [2.75, 3.05) is 0 Å². The van der Waals surface area contributed by atoms with E-state index in [1.54, 1.807) is 36.5 Å². The molecule has 0 spiro atoms. The van der Waals surface area contributed by atoms with E-state index >= 15 is 0 Å². The lowest BCUT2D eigenvalue weighted by molar-refractivity contribution is 0.472. The molecule has 0 radical (unpaired) electrons. The summed E-state index contributed by atoms with van der Waals surface area (Å²) in [7, 11) is 0. The molecule has 3 heterocycles. The van der Waals surface area contributed by atoms with Gasteiger partial charge in [-0.1, -0.05) is 18.2 Å². The first-order valence-electron chi connectivity index (χ1n) is 8.18. The molecule has 0 amide bonds. The van der Waals surface area contributed by atoms with E-state index in [4.69, 9.17) is 0 Å². The van der Waals surface area contributed by atoms with Gasteiger partial charge in [0.2, 0.25) is 5.43 Å².